The monoisotopic (exact) mass is 348 g/mol. The van der Waals surface area contributed by atoms with Gasteiger partial charge >= 0.3 is 0 Å². The lowest BCUT2D eigenvalue weighted by Gasteiger charge is -2.31. The van der Waals surface area contributed by atoms with Crippen molar-refractivity contribution in [3.63, 3.8) is 0 Å². The highest BCUT2D eigenvalue weighted by Gasteiger charge is 2.25. The van der Waals surface area contributed by atoms with Crippen LogP contribution in [0, 0.1) is 0 Å². The van der Waals surface area contributed by atoms with Crippen LogP contribution in [0.3, 0.4) is 0 Å². The average molecular weight is 348 g/mol. The van der Waals surface area contributed by atoms with Crippen LogP contribution in [0.5, 0.6) is 0 Å². The first-order chi connectivity index (χ1) is 12.8. The predicted molar refractivity (Wildman–Crippen MR) is 98.7 cm³/mol. The van der Waals surface area contributed by atoms with Crippen molar-refractivity contribution >= 4 is 5.91 Å². The lowest BCUT2D eigenvalue weighted by Crippen LogP contribution is -3.13. The Morgan fingerprint density at radius 1 is 1.00 bits per heavy atom. The molecule has 0 atom stereocenters. The number of hydrogen-bond acceptors (Lipinski definition) is 3. The van der Waals surface area contributed by atoms with Crippen LogP contribution in [-0.2, 0) is 6.54 Å². The van der Waals surface area contributed by atoms with Gasteiger partial charge in [0.1, 0.15) is 0 Å². The molecule has 4 rings (SSSR count). The zero-order chi connectivity index (χ0) is 17.8. The van der Waals surface area contributed by atoms with Crippen molar-refractivity contribution in [1.29, 1.82) is 0 Å². The van der Waals surface area contributed by atoms with Gasteiger partial charge in [0, 0.05) is 11.1 Å². The van der Waals surface area contributed by atoms with Crippen molar-refractivity contribution < 1.29 is 14.1 Å². The van der Waals surface area contributed by atoms with E-state index in [2.05, 4.69) is 4.98 Å². The maximum absolute atomic E-state index is 12.5. The van der Waals surface area contributed by atoms with E-state index in [1.54, 1.807) is 6.20 Å². The van der Waals surface area contributed by atoms with Crippen molar-refractivity contribution in [2.75, 3.05) is 26.2 Å². The fraction of sp³-hybridized carbons (Fsp3) is 0.238. The van der Waals surface area contributed by atoms with Crippen molar-refractivity contribution in [2.45, 2.75) is 6.54 Å². The molecular weight excluding hydrogens is 326 g/mol. The minimum absolute atomic E-state index is 0.118. The summed E-state index contributed by atoms with van der Waals surface area (Å²) in [5.41, 5.74) is 1.80. The standard InChI is InChI=1S/C21H21N3O2/c25-21(18-9-5-2-6-10-18)24-13-11-23(12-14-24)16-20-22-15-19(26-20)17-7-3-1-4-8-17/h1-10,15H,11-14,16H2/p+1. The number of amides is 1. The highest BCUT2D eigenvalue weighted by atomic mass is 16.4. The Morgan fingerprint density at radius 3 is 2.35 bits per heavy atom. The summed E-state index contributed by atoms with van der Waals surface area (Å²) in [5, 5.41) is 0. The van der Waals surface area contributed by atoms with Crippen molar-refractivity contribution in [2.24, 2.45) is 0 Å². The van der Waals surface area contributed by atoms with E-state index >= 15 is 0 Å². The van der Waals surface area contributed by atoms with Crippen LogP contribution in [0.1, 0.15) is 16.2 Å². The molecule has 1 N–H and O–H groups in total. The minimum atomic E-state index is 0.118. The van der Waals surface area contributed by atoms with Crippen molar-refractivity contribution in [3.8, 4) is 11.3 Å². The summed E-state index contributed by atoms with van der Waals surface area (Å²) < 4.78 is 5.90. The number of oxazole rings is 1. The molecule has 2 heterocycles. The molecule has 1 saturated heterocycles. The first kappa shape index (κ1) is 16.5. The van der Waals surface area contributed by atoms with E-state index in [0.717, 1.165) is 55.5 Å². The molecule has 1 aromatic heterocycles. The Morgan fingerprint density at radius 2 is 1.65 bits per heavy atom. The molecule has 0 saturated carbocycles. The largest absolute Gasteiger partial charge is 0.435 e. The molecule has 1 aliphatic rings. The van der Waals surface area contributed by atoms with Crippen LogP contribution >= 0.6 is 0 Å². The van der Waals surface area contributed by atoms with Gasteiger partial charge in [0.15, 0.2) is 12.3 Å². The van der Waals surface area contributed by atoms with Gasteiger partial charge in [-0.3, -0.25) is 4.79 Å². The molecule has 26 heavy (non-hydrogen) atoms. The number of quaternary nitrogens is 1. The molecule has 1 aliphatic heterocycles. The molecule has 0 bridgehead atoms. The molecule has 0 radical (unpaired) electrons. The molecule has 132 valence electrons. The highest BCUT2D eigenvalue weighted by molar-refractivity contribution is 5.94. The first-order valence-corrected chi connectivity index (χ1v) is 8.97. The molecule has 1 amide bonds. The van der Waals surface area contributed by atoms with Gasteiger partial charge in [-0.2, -0.15) is 0 Å². The Balaban J connectivity index is 1.33. The minimum Gasteiger partial charge on any atom is -0.435 e. The Labute approximate surface area is 152 Å². The summed E-state index contributed by atoms with van der Waals surface area (Å²) in [5.74, 6) is 1.67. The van der Waals surface area contributed by atoms with Crippen LogP contribution in [0.15, 0.2) is 71.3 Å². The second kappa shape index (κ2) is 7.54. The molecular formula is C21H22N3O2+. The molecule has 0 unspecified atom stereocenters. The van der Waals surface area contributed by atoms with Gasteiger partial charge < -0.3 is 14.2 Å². The number of carbonyl (C=O) groups is 1. The van der Waals surface area contributed by atoms with Crippen LogP contribution in [-0.4, -0.2) is 42.0 Å². The average Bonchev–Trinajstić information content (AvgIpc) is 3.18. The first-order valence-electron chi connectivity index (χ1n) is 8.97. The second-order valence-electron chi connectivity index (χ2n) is 6.57. The number of aromatic nitrogens is 1. The number of carbonyl (C=O) groups excluding carboxylic acids is 1. The SMILES string of the molecule is O=C(c1ccccc1)N1CC[NH+](Cc2ncc(-c3ccccc3)o2)CC1. The zero-order valence-corrected chi connectivity index (χ0v) is 14.6. The number of rotatable bonds is 4. The fourth-order valence-electron chi connectivity index (χ4n) is 3.31. The molecule has 2 aromatic carbocycles. The second-order valence-corrected chi connectivity index (χ2v) is 6.57. The van der Waals surface area contributed by atoms with Crippen LogP contribution in [0.2, 0.25) is 0 Å². The third-order valence-corrected chi connectivity index (χ3v) is 4.79. The zero-order valence-electron chi connectivity index (χ0n) is 14.6. The topological polar surface area (TPSA) is 50.8 Å². The van der Waals surface area contributed by atoms with E-state index in [9.17, 15) is 4.79 Å². The van der Waals surface area contributed by atoms with Gasteiger partial charge in [-0.25, -0.2) is 4.98 Å². The number of hydrogen-bond donors (Lipinski definition) is 1. The highest BCUT2D eigenvalue weighted by Crippen LogP contribution is 2.19. The molecule has 0 spiro atoms. The van der Waals surface area contributed by atoms with Crippen molar-refractivity contribution in [1.82, 2.24) is 9.88 Å². The molecule has 0 aliphatic carbocycles. The van der Waals surface area contributed by atoms with Gasteiger partial charge in [-0.15, -0.1) is 0 Å². The smallest absolute Gasteiger partial charge is 0.254 e. The number of piperazine rings is 1. The van der Waals surface area contributed by atoms with E-state index in [-0.39, 0.29) is 5.91 Å². The van der Waals surface area contributed by atoms with Crippen LogP contribution in [0.25, 0.3) is 11.3 Å². The van der Waals surface area contributed by atoms with Crippen LogP contribution < -0.4 is 4.90 Å². The van der Waals surface area contributed by atoms with E-state index in [1.165, 1.54) is 4.90 Å². The number of benzene rings is 2. The summed E-state index contributed by atoms with van der Waals surface area (Å²) in [6.45, 7) is 4.08. The Bertz CT molecular complexity index is 853. The van der Waals surface area contributed by atoms with Gasteiger partial charge in [-0.1, -0.05) is 48.5 Å². The normalized spacial score (nSPS) is 15.2. The quantitative estimate of drug-likeness (QED) is 0.783. The lowest BCUT2D eigenvalue weighted by molar-refractivity contribution is -0.918. The maximum Gasteiger partial charge on any atom is 0.254 e. The van der Waals surface area contributed by atoms with Gasteiger partial charge in [-0.05, 0) is 12.1 Å². The third kappa shape index (κ3) is 3.68. The Hall–Kier alpha value is -2.92. The van der Waals surface area contributed by atoms with E-state index in [4.69, 9.17) is 4.42 Å². The summed E-state index contributed by atoms with van der Waals surface area (Å²) in [6.07, 6.45) is 1.79. The summed E-state index contributed by atoms with van der Waals surface area (Å²) in [6, 6.07) is 19.5. The third-order valence-electron chi connectivity index (χ3n) is 4.79. The van der Waals surface area contributed by atoms with Gasteiger partial charge in [0.2, 0.25) is 0 Å². The summed E-state index contributed by atoms with van der Waals surface area (Å²) in [7, 11) is 0. The van der Waals surface area contributed by atoms with Crippen molar-refractivity contribution in [3.05, 3.63) is 78.3 Å². The predicted octanol–water partition coefficient (Wildman–Crippen LogP) is 1.88. The fourth-order valence-corrected chi connectivity index (χ4v) is 3.31. The number of nitrogens with one attached hydrogen (secondary N) is 1. The molecule has 1 fully saturated rings. The van der Waals surface area contributed by atoms with Crippen LogP contribution in [0.4, 0.5) is 0 Å². The van der Waals surface area contributed by atoms with Gasteiger partial charge in [0.05, 0.1) is 32.4 Å². The van der Waals surface area contributed by atoms with E-state index in [0.29, 0.717) is 0 Å². The summed E-state index contributed by atoms with van der Waals surface area (Å²) >= 11 is 0. The number of nitrogens with zero attached hydrogens (tertiary/aromatic N) is 2. The molecule has 3 aromatic rings. The Kier molecular flexibility index (Phi) is 4.80. The molecule has 5 heteroatoms. The van der Waals surface area contributed by atoms with Gasteiger partial charge in [0.25, 0.3) is 11.8 Å². The van der Waals surface area contributed by atoms with E-state index < -0.39 is 0 Å². The van der Waals surface area contributed by atoms with E-state index in [1.807, 2.05) is 65.6 Å². The molecule has 5 nitrogen and oxygen atoms in total. The summed E-state index contributed by atoms with van der Waals surface area (Å²) in [4.78, 5) is 20.3. The lowest BCUT2D eigenvalue weighted by atomic mass is 10.2. The maximum atomic E-state index is 12.5.